The number of carbonyl (C=O) groups is 2. The maximum atomic E-state index is 12.3. The highest BCUT2D eigenvalue weighted by atomic mass is 35.5. The van der Waals surface area contributed by atoms with Gasteiger partial charge in [0.1, 0.15) is 5.00 Å². The molecule has 25 heavy (non-hydrogen) atoms. The second kappa shape index (κ2) is 7.81. The molecule has 2 amide bonds. The standard InChI is InChI=1S/C18H19ClN2O2S2/c1-10-2-7-13-14(8-10)25-18(16(13)17(20)23)21-15(22)9-24-12-5-3-11(19)4-6-12/h3-6,10H,2,7-9H2,1H3,(H2,20,23)(H,21,22). The van der Waals surface area contributed by atoms with Crippen LogP contribution in [0.25, 0.3) is 0 Å². The fourth-order valence-corrected chi connectivity index (χ4v) is 5.20. The Morgan fingerprint density at radius 1 is 1.36 bits per heavy atom. The van der Waals surface area contributed by atoms with E-state index in [0.717, 1.165) is 29.7 Å². The molecule has 0 fully saturated rings. The molecule has 0 saturated carbocycles. The van der Waals surface area contributed by atoms with Crippen LogP contribution < -0.4 is 11.1 Å². The van der Waals surface area contributed by atoms with Crippen LogP contribution in [0.4, 0.5) is 5.00 Å². The molecule has 0 spiro atoms. The van der Waals surface area contributed by atoms with Crippen LogP contribution in [0.15, 0.2) is 29.2 Å². The Bertz CT molecular complexity index is 802. The molecule has 3 rings (SSSR count). The summed E-state index contributed by atoms with van der Waals surface area (Å²) in [6, 6.07) is 7.34. The van der Waals surface area contributed by atoms with Crippen molar-refractivity contribution in [2.45, 2.75) is 31.1 Å². The summed E-state index contributed by atoms with van der Waals surface area (Å²) in [7, 11) is 0. The van der Waals surface area contributed by atoms with Crippen LogP contribution in [0, 0.1) is 5.92 Å². The number of amides is 2. The topological polar surface area (TPSA) is 72.2 Å². The highest BCUT2D eigenvalue weighted by Crippen LogP contribution is 2.39. The molecule has 1 heterocycles. The summed E-state index contributed by atoms with van der Waals surface area (Å²) in [5.74, 6) is 0.247. The summed E-state index contributed by atoms with van der Waals surface area (Å²) in [4.78, 5) is 26.3. The lowest BCUT2D eigenvalue weighted by molar-refractivity contribution is -0.113. The Hall–Kier alpha value is -1.50. The predicted molar refractivity (Wildman–Crippen MR) is 105 cm³/mol. The lowest BCUT2D eigenvalue weighted by atomic mass is 9.88. The van der Waals surface area contributed by atoms with Crippen molar-refractivity contribution in [3.8, 4) is 0 Å². The number of halogens is 1. The number of carbonyl (C=O) groups excluding carboxylic acids is 2. The summed E-state index contributed by atoms with van der Waals surface area (Å²) in [5, 5.41) is 4.13. The number of thioether (sulfide) groups is 1. The summed E-state index contributed by atoms with van der Waals surface area (Å²) < 4.78 is 0. The average Bonchev–Trinajstić information content (AvgIpc) is 2.91. The van der Waals surface area contributed by atoms with E-state index in [2.05, 4.69) is 12.2 Å². The van der Waals surface area contributed by atoms with E-state index in [1.54, 1.807) is 12.1 Å². The molecule has 132 valence electrons. The van der Waals surface area contributed by atoms with Gasteiger partial charge in [0.05, 0.1) is 11.3 Å². The van der Waals surface area contributed by atoms with Crippen molar-refractivity contribution in [1.29, 1.82) is 0 Å². The Morgan fingerprint density at radius 2 is 2.08 bits per heavy atom. The van der Waals surface area contributed by atoms with E-state index in [-0.39, 0.29) is 11.7 Å². The smallest absolute Gasteiger partial charge is 0.251 e. The van der Waals surface area contributed by atoms with Crippen molar-refractivity contribution in [2.24, 2.45) is 11.7 Å². The third kappa shape index (κ3) is 4.37. The molecule has 2 aromatic rings. The molecule has 1 aromatic carbocycles. The van der Waals surface area contributed by atoms with Crippen molar-refractivity contribution in [3.05, 3.63) is 45.3 Å². The molecule has 1 atom stereocenters. The van der Waals surface area contributed by atoms with Gasteiger partial charge in [0.25, 0.3) is 5.91 Å². The minimum atomic E-state index is -0.465. The molecule has 1 aliphatic rings. The number of thiophene rings is 1. The van der Waals surface area contributed by atoms with E-state index in [9.17, 15) is 9.59 Å². The van der Waals surface area contributed by atoms with Gasteiger partial charge < -0.3 is 11.1 Å². The van der Waals surface area contributed by atoms with Gasteiger partial charge in [-0.15, -0.1) is 23.1 Å². The van der Waals surface area contributed by atoms with Gasteiger partial charge in [-0.25, -0.2) is 0 Å². The summed E-state index contributed by atoms with van der Waals surface area (Å²) >= 11 is 8.77. The van der Waals surface area contributed by atoms with Gasteiger partial charge >= 0.3 is 0 Å². The number of benzene rings is 1. The maximum Gasteiger partial charge on any atom is 0.251 e. The predicted octanol–water partition coefficient (Wildman–Crippen LogP) is 4.36. The molecule has 3 N–H and O–H groups in total. The number of fused-ring (bicyclic) bond motifs is 1. The number of primary amides is 1. The third-order valence-corrected chi connectivity index (χ3v) is 6.63. The van der Waals surface area contributed by atoms with E-state index < -0.39 is 5.91 Å². The van der Waals surface area contributed by atoms with Crippen molar-refractivity contribution >= 4 is 51.5 Å². The lowest BCUT2D eigenvalue weighted by Crippen LogP contribution is -2.20. The Kier molecular flexibility index (Phi) is 5.71. The highest BCUT2D eigenvalue weighted by molar-refractivity contribution is 8.00. The second-order valence-electron chi connectivity index (χ2n) is 6.21. The van der Waals surface area contributed by atoms with Gasteiger partial charge in [-0.1, -0.05) is 18.5 Å². The van der Waals surface area contributed by atoms with E-state index in [4.69, 9.17) is 17.3 Å². The van der Waals surface area contributed by atoms with Crippen molar-refractivity contribution in [2.75, 3.05) is 11.1 Å². The molecular formula is C18H19ClN2O2S2. The molecule has 0 radical (unpaired) electrons. The van der Waals surface area contributed by atoms with Crippen LogP contribution in [-0.2, 0) is 17.6 Å². The van der Waals surface area contributed by atoms with Crippen LogP contribution in [-0.4, -0.2) is 17.6 Å². The van der Waals surface area contributed by atoms with E-state index in [1.807, 2.05) is 12.1 Å². The highest BCUT2D eigenvalue weighted by Gasteiger charge is 2.27. The first-order valence-electron chi connectivity index (χ1n) is 8.06. The minimum absolute atomic E-state index is 0.144. The molecule has 0 saturated heterocycles. The number of anilines is 1. The molecule has 4 nitrogen and oxygen atoms in total. The number of nitrogens with two attached hydrogens (primary N) is 1. The molecule has 7 heteroatoms. The van der Waals surface area contributed by atoms with Crippen LogP contribution in [0.3, 0.4) is 0 Å². The first-order chi connectivity index (χ1) is 11.9. The lowest BCUT2D eigenvalue weighted by Gasteiger charge is -2.18. The Balaban J connectivity index is 1.70. The fraction of sp³-hybridized carbons (Fsp3) is 0.333. The zero-order valence-electron chi connectivity index (χ0n) is 13.8. The van der Waals surface area contributed by atoms with Crippen LogP contribution in [0.1, 0.15) is 34.1 Å². The summed E-state index contributed by atoms with van der Waals surface area (Å²) in [6.45, 7) is 2.20. The maximum absolute atomic E-state index is 12.3. The van der Waals surface area contributed by atoms with Gasteiger partial charge in [0.15, 0.2) is 0 Å². The third-order valence-electron chi connectivity index (χ3n) is 4.19. The zero-order chi connectivity index (χ0) is 18.0. The normalized spacial score (nSPS) is 16.3. The van der Waals surface area contributed by atoms with Crippen molar-refractivity contribution in [3.63, 3.8) is 0 Å². The first kappa shape index (κ1) is 18.3. The monoisotopic (exact) mass is 394 g/mol. The number of rotatable bonds is 5. The fourth-order valence-electron chi connectivity index (χ4n) is 2.94. The molecule has 1 aromatic heterocycles. The number of hydrogen-bond acceptors (Lipinski definition) is 4. The Labute approximate surface area is 160 Å². The minimum Gasteiger partial charge on any atom is -0.365 e. The molecular weight excluding hydrogens is 376 g/mol. The van der Waals surface area contributed by atoms with E-state index >= 15 is 0 Å². The van der Waals surface area contributed by atoms with Gasteiger partial charge in [-0.3, -0.25) is 9.59 Å². The molecule has 0 aliphatic heterocycles. The molecule has 1 aliphatic carbocycles. The van der Waals surface area contributed by atoms with Crippen molar-refractivity contribution < 1.29 is 9.59 Å². The van der Waals surface area contributed by atoms with Gasteiger partial charge in [-0.05, 0) is 55.0 Å². The Morgan fingerprint density at radius 3 is 2.76 bits per heavy atom. The molecule has 1 unspecified atom stereocenters. The second-order valence-corrected chi connectivity index (χ2v) is 8.80. The van der Waals surface area contributed by atoms with E-state index in [0.29, 0.717) is 21.5 Å². The summed E-state index contributed by atoms with van der Waals surface area (Å²) in [5.41, 5.74) is 7.09. The summed E-state index contributed by atoms with van der Waals surface area (Å²) in [6.07, 6.45) is 2.83. The largest absolute Gasteiger partial charge is 0.365 e. The molecule has 0 bridgehead atoms. The number of nitrogens with one attached hydrogen (secondary N) is 1. The first-order valence-corrected chi connectivity index (χ1v) is 10.2. The van der Waals surface area contributed by atoms with Gasteiger partial charge in [0, 0.05) is 14.8 Å². The van der Waals surface area contributed by atoms with Crippen molar-refractivity contribution in [1.82, 2.24) is 0 Å². The average molecular weight is 395 g/mol. The zero-order valence-corrected chi connectivity index (χ0v) is 16.2. The van der Waals surface area contributed by atoms with Crippen LogP contribution in [0.2, 0.25) is 5.02 Å². The van der Waals surface area contributed by atoms with Crippen LogP contribution >= 0.6 is 34.7 Å². The van der Waals surface area contributed by atoms with Crippen LogP contribution in [0.5, 0.6) is 0 Å². The van der Waals surface area contributed by atoms with E-state index in [1.165, 1.54) is 28.0 Å². The number of hydrogen-bond donors (Lipinski definition) is 2. The van der Waals surface area contributed by atoms with Gasteiger partial charge in [-0.2, -0.15) is 0 Å². The SMILES string of the molecule is CC1CCc2c(sc(NC(=O)CSc3ccc(Cl)cc3)c2C(N)=O)C1. The quantitative estimate of drug-likeness (QED) is 0.740. The van der Waals surface area contributed by atoms with Gasteiger partial charge in [0.2, 0.25) is 5.91 Å².